The first kappa shape index (κ1) is 16.8. The van der Waals surface area contributed by atoms with Crippen molar-refractivity contribution in [3.05, 3.63) is 52.9 Å². The Morgan fingerprint density at radius 3 is 2.54 bits per heavy atom. The first-order chi connectivity index (χ1) is 12.6. The molecule has 1 aromatic heterocycles. The first-order valence-corrected chi connectivity index (χ1v) is 8.76. The lowest BCUT2D eigenvalue weighted by molar-refractivity contribution is -0.117. The van der Waals surface area contributed by atoms with E-state index in [1.54, 1.807) is 12.1 Å². The number of carbonyl (C=O) groups is 1. The van der Waals surface area contributed by atoms with Crippen LogP contribution in [0.1, 0.15) is 0 Å². The lowest BCUT2D eigenvalue weighted by atomic mass is 10.1. The van der Waals surface area contributed by atoms with Gasteiger partial charge in [0.2, 0.25) is 5.91 Å². The summed E-state index contributed by atoms with van der Waals surface area (Å²) in [6, 6.07) is 12.8. The Bertz CT molecular complexity index is 1020. The van der Waals surface area contributed by atoms with Gasteiger partial charge in [0.25, 0.3) is 0 Å². The third kappa shape index (κ3) is 3.34. The summed E-state index contributed by atoms with van der Waals surface area (Å²) in [4.78, 5) is 28.9. The first-order valence-electron chi connectivity index (χ1n) is 8.76. The van der Waals surface area contributed by atoms with Crippen molar-refractivity contribution in [3.63, 3.8) is 0 Å². The van der Waals surface area contributed by atoms with E-state index in [0.717, 1.165) is 37.0 Å². The van der Waals surface area contributed by atoms with Crippen LogP contribution in [0.2, 0.25) is 0 Å². The van der Waals surface area contributed by atoms with Gasteiger partial charge in [-0.2, -0.15) is 0 Å². The highest BCUT2D eigenvalue weighted by Crippen LogP contribution is 2.25. The molecular weight excluding hydrogens is 330 g/mol. The minimum atomic E-state index is -0.367. The quantitative estimate of drug-likeness (QED) is 0.578. The van der Waals surface area contributed by atoms with Gasteiger partial charge in [0.1, 0.15) is 5.58 Å². The maximum Gasteiger partial charge on any atom is 0.344 e. The minimum Gasteiger partial charge on any atom is -0.422 e. The van der Waals surface area contributed by atoms with Crippen LogP contribution in [0.4, 0.5) is 5.69 Å². The Kier molecular flexibility index (Phi) is 4.44. The number of hydrogen-bond acceptors (Lipinski definition) is 5. The number of nitrogens with one attached hydrogen (secondary N) is 1. The highest BCUT2D eigenvalue weighted by molar-refractivity contribution is 6.05. The molecular formula is C20H21N3O3. The van der Waals surface area contributed by atoms with E-state index in [1.165, 1.54) is 0 Å². The number of hydrogen-bond donors (Lipinski definition) is 1. The lowest BCUT2D eigenvalue weighted by Gasteiger charge is -2.31. The van der Waals surface area contributed by atoms with Gasteiger partial charge in [-0.1, -0.05) is 18.2 Å². The second-order valence-corrected chi connectivity index (χ2v) is 6.77. The van der Waals surface area contributed by atoms with Crippen molar-refractivity contribution in [1.82, 2.24) is 9.80 Å². The molecule has 0 aliphatic carbocycles. The van der Waals surface area contributed by atoms with Gasteiger partial charge >= 0.3 is 5.63 Å². The number of fused-ring (bicyclic) bond motifs is 3. The molecule has 0 saturated carbocycles. The minimum absolute atomic E-state index is 0.0583. The molecule has 1 aliphatic heterocycles. The summed E-state index contributed by atoms with van der Waals surface area (Å²) < 4.78 is 5.44. The highest BCUT2D eigenvalue weighted by atomic mass is 16.4. The van der Waals surface area contributed by atoms with Gasteiger partial charge in [0, 0.05) is 43.3 Å². The van der Waals surface area contributed by atoms with E-state index in [9.17, 15) is 9.59 Å². The Morgan fingerprint density at radius 1 is 1.04 bits per heavy atom. The largest absolute Gasteiger partial charge is 0.422 e. The second kappa shape index (κ2) is 6.90. The Hall–Kier alpha value is -2.70. The fourth-order valence-corrected chi connectivity index (χ4v) is 3.37. The summed E-state index contributed by atoms with van der Waals surface area (Å²) in [5, 5.41) is 5.18. The Labute approximate surface area is 151 Å². The summed E-state index contributed by atoms with van der Waals surface area (Å²) in [7, 11) is 2.09. The zero-order chi connectivity index (χ0) is 18.1. The molecule has 3 aromatic rings. The third-order valence-corrected chi connectivity index (χ3v) is 4.87. The van der Waals surface area contributed by atoms with E-state index < -0.39 is 0 Å². The maximum atomic E-state index is 12.3. The number of carbonyl (C=O) groups excluding carboxylic acids is 1. The molecule has 2 aromatic carbocycles. The molecule has 4 rings (SSSR count). The topological polar surface area (TPSA) is 65.8 Å². The van der Waals surface area contributed by atoms with E-state index in [2.05, 4.69) is 22.2 Å². The molecule has 1 aliphatic rings. The highest BCUT2D eigenvalue weighted by Gasteiger charge is 2.17. The van der Waals surface area contributed by atoms with E-state index in [1.807, 2.05) is 30.3 Å². The average Bonchev–Trinajstić information content (AvgIpc) is 2.64. The van der Waals surface area contributed by atoms with Crippen LogP contribution in [-0.2, 0) is 4.79 Å². The van der Waals surface area contributed by atoms with Crippen molar-refractivity contribution in [1.29, 1.82) is 0 Å². The number of anilines is 1. The van der Waals surface area contributed by atoms with Gasteiger partial charge in [-0.3, -0.25) is 9.69 Å². The van der Waals surface area contributed by atoms with Crippen LogP contribution in [0.5, 0.6) is 0 Å². The Balaban J connectivity index is 1.55. The van der Waals surface area contributed by atoms with Gasteiger partial charge in [0.05, 0.1) is 11.9 Å². The summed E-state index contributed by atoms with van der Waals surface area (Å²) >= 11 is 0. The normalized spacial score (nSPS) is 16.2. The zero-order valence-electron chi connectivity index (χ0n) is 14.7. The van der Waals surface area contributed by atoms with Crippen LogP contribution < -0.4 is 10.9 Å². The van der Waals surface area contributed by atoms with Crippen molar-refractivity contribution in [2.45, 2.75) is 0 Å². The van der Waals surface area contributed by atoms with Crippen molar-refractivity contribution < 1.29 is 9.21 Å². The summed E-state index contributed by atoms with van der Waals surface area (Å²) in [5.74, 6) is -0.0583. The standard InChI is InChI=1S/C20H21N3O3/c1-22-8-10-23(11-9-22)13-19(24)21-14-6-7-16-15-4-2-3-5-17(15)20(25)26-18(16)12-14/h2-7,12H,8-11,13H2,1H3,(H,21,24). The van der Waals surface area contributed by atoms with Crippen molar-refractivity contribution in [2.24, 2.45) is 0 Å². The molecule has 6 nitrogen and oxygen atoms in total. The molecule has 0 unspecified atom stereocenters. The summed E-state index contributed by atoms with van der Waals surface area (Å²) in [6.07, 6.45) is 0. The molecule has 134 valence electrons. The van der Waals surface area contributed by atoms with E-state index in [4.69, 9.17) is 4.42 Å². The number of amides is 1. The molecule has 0 bridgehead atoms. The van der Waals surface area contributed by atoms with Crippen molar-refractivity contribution in [3.8, 4) is 0 Å². The molecule has 6 heteroatoms. The predicted octanol–water partition coefficient (Wildman–Crippen LogP) is 2.13. The van der Waals surface area contributed by atoms with E-state index >= 15 is 0 Å². The molecule has 1 saturated heterocycles. The molecule has 2 heterocycles. The molecule has 1 amide bonds. The third-order valence-electron chi connectivity index (χ3n) is 4.87. The fourth-order valence-electron chi connectivity index (χ4n) is 3.37. The summed E-state index contributed by atoms with van der Waals surface area (Å²) in [6.45, 7) is 4.10. The molecule has 0 radical (unpaired) electrons. The molecule has 26 heavy (non-hydrogen) atoms. The van der Waals surface area contributed by atoms with E-state index in [0.29, 0.717) is 23.2 Å². The number of nitrogens with zero attached hydrogens (tertiary/aromatic N) is 2. The number of likely N-dealkylation sites (N-methyl/N-ethyl adjacent to an activating group) is 1. The SMILES string of the molecule is CN1CCN(CC(=O)Nc2ccc3c(c2)oc(=O)c2ccccc23)CC1. The maximum absolute atomic E-state index is 12.3. The Morgan fingerprint density at radius 2 is 1.77 bits per heavy atom. The smallest absolute Gasteiger partial charge is 0.344 e. The van der Waals surface area contributed by atoms with Crippen LogP contribution in [0.3, 0.4) is 0 Å². The van der Waals surface area contributed by atoms with Gasteiger partial charge in [0.15, 0.2) is 0 Å². The van der Waals surface area contributed by atoms with Crippen molar-refractivity contribution in [2.75, 3.05) is 45.1 Å². The lowest BCUT2D eigenvalue weighted by Crippen LogP contribution is -2.47. The van der Waals surface area contributed by atoms with Gasteiger partial charge in [-0.25, -0.2) is 4.79 Å². The van der Waals surface area contributed by atoms with Crippen LogP contribution in [0, 0.1) is 0 Å². The van der Waals surface area contributed by atoms with Crippen LogP contribution in [-0.4, -0.2) is 55.5 Å². The monoisotopic (exact) mass is 351 g/mol. The zero-order valence-corrected chi connectivity index (χ0v) is 14.7. The predicted molar refractivity (Wildman–Crippen MR) is 103 cm³/mol. The fraction of sp³-hybridized carbons (Fsp3) is 0.300. The second-order valence-electron chi connectivity index (χ2n) is 6.77. The van der Waals surface area contributed by atoms with E-state index in [-0.39, 0.29) is 11.5 Å². The van der Waals surface area contributed by atoms with Gasteiger partial charge in [-0.05, 0) is 30.6 Å². The molecule has 1 N–H and O–H groups in total. The van der Waals surface area contributed by atoms with Crippen LogP contribution in [0.15, 0.2) is 51.7 Å². The summed E-state index contributed by atoms with van der Waals surface area (Å²) in [5.41, 5.74) is 0.746. The van der Waals surface area contributed by atoms with Gasteiger partial charge in [-0.15, -0.1) is 0 Å². The van der Waals surface area contributed by atoms with Crippen LogP contribution >= 0.6 is 0 Å². The number of benzene rings is 2. The average molecular weight is 351 g/mol. The molecule has 1 fully saturated rings. The number of rotatable bonds is 3. The molecule has 0 spiro atoms. The van der Waals surface area contributed by atoms with Crippen LogP contribution in [0.25, 0.3) is 21.7 Å². The molecule has 0 atom stereocenters. The number of piperazine rings is 1. The van der Waals surface area contributed by atoms with Crippen molar-refractivity contribution >= 4 is 33.3 Å². The van der Waals surface area contributed by atoms with Gasteiger partial charge < -0.3 is 14.6 Å².